The molecule has 0 aliphatic carbocycles. The van der Waals surface area contributed by atoms with Gasteiger partial charge in [0, 0.05) is 48.3 Å². The van der Waals surface area contributed by atoms with Gasteiger partial charge < -0.3 is 10.0 Å². The number of carbonyl (C=O) groups excluding carboxylic acids is 1. The van der Waals surface area contributed by atoms with E-state index in [4.69, 9.17) is 28.3 Å². The van der Waals surface area contributed by atoms with Crippen LogP contribution in [0.2, 0.25) is 10.0 Å². The first-order valence-corrected chi connectivity index (χ1v) is 8.98. The topological polar surface area (TPSA) is 60.9 Å². The van der Waals surface area contributed by atoms with Crippen LogP contribution in [0.4, 0.5) is 0 Å². The summed E-state index contributed by atoms with van der Waals surface area (Å²) < 4.78 is 0. The SMILES string of the molecule is O=C(O)c1cccc(CN2CCN(C(=O)c3cc(Cl)cc(Cl)c3)CC2)c1. The van der Waals surface area contributed by atoms with Crippen molar-refractivity contribution in [2.45, 2.75) is 6.54 Å². The first kappa shape index (κ1) is 18.7. The Bertz CT molecular complexity index is 813. The fourth-order valence-electron chi connectivity index (χ4n) is 3.03. The summed E-state index contributed by atoms with van der Waals surface area (Å²) in [5.41, 5.74) is 1.73. The number of carboxylic acids is 1. The third-order valence-electron chi connectivity index (χ3n) is 4.35. The molecule has 1 N–H and O–H groups in total. The third kappa shape index (κ3) is 4.55. The number of hydrogen-bond acceptors (Lipinski definition) is 3. The van der Waals surface area contributed by atoms with Crippen molar-refractivity contribution < 1.29 is 14.7 Å². The zero-order chi connectivity index (χ0) is 18.7. The molecule has 0 radical (unpaired) electrons. The minimum absolute atomic E-state index is 0.0816. The van der Waals surface area contributed by atoms with Crippen LogP contribution in [0.5, 0.6) is 0 Å². The van der Waals surface area contributed by atoms with Crippen molar-refractivity contribution in [3.8, 4) is 0 Å². The van der Waals surface area contributed by atoms with E-state index in [1.807, 2.05) is 6.07 Å². The van der Waals surface area contributed by atoms with Crippen LogP contribution in [-0.2, 0) is 6.54 Å². The molecule has 1 heterocycles. The molecule has 26 heavy (non-hydrogen) atoms. The average Bonchev–Trinajstić information content (AvgIpc) is 2.61. The highest BCUT2D eigenvalue weighted by Crippen LogP contribution is 2.21. The molecule has 136 valence electrons. The molecular weight excluding hydrogens is 375 g/mol. The fourth-order valence-corrected chi connectivity index (χ4v) is 3.56. The van der Waals surface area contributed by atoms with Gasteiger partial charge in [0.05, 0.1) is 5.56 Å². The molecule has 3 rings (SSSR count). The summed E-state index contributed by atoms with van der Waals surface area (Å²) in [6.07, 6.45) is 0. The van der Waals surface area contributed by atoms with Crippen molar-refractivity contribution in [1.82, 2.24) is 9.80 Å². The summed E-state index contributed by atoms with van der Waals surface area (Å²) in [6, 6.07) is 11.8. The Morgan fingerprint density at radius 2 is 1.58 bits per heavy atom. The fraction of sp³-hybridized carbons (Fsp3) is 0.263. The maximum absolute atomic E-state index is 12.6. The number of aromatic carboxylic acids is 1. The van der Waals surface area contributed by atoms with E-state index in [9.17, 15) is 9.59 Å². The van der Waals surface area contributed by atoms with Gasteiger partial charge in [0.25, 0.3) is 5.91 Å². The van der Waals surface area contributed by atoms with Gasteiger partial charge in [-0.2, -0.15) is 0 Å². The van der Waals surface area contributed by atoms with E-state index in [-0.39, 0.29) is 11.5 Å². The zero-order valence-electron chi connectivity index (χ0n) is 14.0. The number of halogens is 2. The van der Waals surface area contributed by atoms with Gasteiger partial charge in [-0.05, 0) is 35.9 Å². The van der Waals surface area contributed by atoms with Gasteiger partial charge in [-0.25, -0.2) is 4.79 Å². The predicted molar refractivity (Wildman–Crippen MR) is 101 cm³/mol. The standard InChI is InChI=1S/C19H18Cl2N2O3/c20-16-9-15(10-17(21)11-16)18(24)23-6-4-22(5-7-23)12-13-2-1-3-14(8-13)19(25)26/h1-3,8-11H,4-7,12H2,(H,25,26). The summed E-state index contributed by atoms with van der Waals surface area (Å²) in [4.78, 5) is 27.7. The molecule has 2 aromatic rings. The Morgan fingerprint density at radius 3 is 2.19 bits per heavy atom. The van der Waals surface area contributed by atoms with Gasteiger partial charge in [0.2, 0.25) is 0 Å². The highest BCUT2D eigenvalue weighted by Gasteiger charge is 2.22. The van der Waals surface area contributed by atoms with Crippen LogP contribution < -0.4 is 0 Å². The van der Waals surface area contributed by atoms with Crippen molar-refractivity contribution in [3.05, 3.63) is 69.2 Å². The number of hydrogen-bond donors (Lipinski definition) is 1. The normalized spacial score (nSPS) is 15.1. The van der Waals surface area contributed by atoms with E-state index in [1.54, 1.807) is 41.3 Å². The number of benzene rings is 2. The van der Waals surface area contributed by atoms with Gasteiger partial charge >= 0.3 is 5.97 Å². The van der Waals surface area contributed by atoms with Crippen molar-refractivity contribution in [1.29, 1.82) is 0 Å². The molecule has 5 nitrogen and oxygen atoms in total. The molecule has 1 aliphatic heterocycles. The number of nitrogens with zero attached hydrogens (tertiary/aromatic N) is 2. The summed E-state index contributed by atoms with van der Waals surface area (Å²) in [7, 11) is 0. The molecule has 0 spiro atoms. The highest BCUT2D eigenvalue weighted by atomic mass is 35.5. The van der Waals surface area contributed by atoms with Crippen LogP contribution in [0.15, 0.2) is 42.5 Å². The van der Waals surface area contributed by atoms with Gasteiger partial charge in [-0.15, -0.1) is 0 Å². The molecule has 1 saturated heterocycles. The summed E-state index contributed by atoms with van der Waals surface area (Å²) in [5.74, 6) is -1.01. The van der Waals surface area contributed by atoms with Crippen LogP contribution in [0.3, 0.4) is 0 Å². The van der Waals surface area contributed by atoms with Crippen molar-refractivity contribution in [2.75, 3.05) is 26.2 Å². The van der Waals surface area contributed by atoms with Gasteiger partial charge in [0.15, 0.2) is 0 Å². The largest absolute Gasteiger partial charge is 0.478 e. The molecule has 0 saturated carbocycles. The predicted octanol–water partition coefficient (Wildman–Crippen LogP) is 3.65. The first-order chi connectivity index (χ1) is 12.4. The Balaban J connectivity index is 1.59. The Kier molecular flexibility index (Phi) is 5.81. The molecule has 1 aliphatic rings. The number of piperazine rings is 1. The number of amides is 1. The average molecular weight is 393 g/mol. The molecular formula is C19H18Cl2N2O3. The van der Waals surface area contributed by atoms with Crippen LogP contribution in [0.1, 0.15) is 26.3 Å². The lowest BCUT2D eigenvalue weighted by atomic mass is 10.1. The van der Waals surface area contributed by atoms with Crippen LogP contribution in [-0.4, -0.2) is 53.0 Å². The van der Waals surface area contributed by atoms with E-state index in [2.05, 4.69) is 4.90 Å². The molecule has 7 heteroatoms. The van der Waals surface area contributed by atoms with E-state index in [1.165, 1.54) is 0 Å². The molecule has 0 unspecified atom stereocenters. The maximum atomic E-state index is 12.6. The highest BCUT2D eigenvalue weighted by molar-refractivity contribution is 6.35. The summed E-state index contributed by atoms with van der Waals surface area (Å²) in [6.45, 7) is 3.30. The quantitative estimate of drug-likeness (QED) is 0.862. The summed E-state index contributed by atoms with van der Waals surface area (Å²) >= 11 is 12.0. The minimum atomic E-state index is -0.928. The Hall–Kier alpha value is -2.08. The smallest absolute Gasteiger partial charge is 0.335 e. The number of carboxylic acid groups (broad SMARTS) is 1. The van der Waals surface area contributed by atoms with Gasteiger partial charge in [-0.3, -0.25) is 9.69 Å². The lowest BCUT2D eigenvalue weighted by Crippen LogP contribution is -2.48. The zero-order valence-corrected chi connectivity index (χ0v) is 15.5. The van der Waals surface area contributed by atoms with E-state index in [0.29, 0.717) is 35.2 Å². The number of rotatable bonds is 4. The number of carbonyl (C=O) groups is 2. The molecule has 0 bridgehead atoms. The van der Waals surface area contributed by atoms with E-state index >= 15 is 0 Å². The second-order valence-corrected chi connectivity index (χ2v) is 7.10. The van der Waals surface area contributed by atoms with Crippen molar-refractivity contribution in [2.24, 2.45) is 0 Å². The molecule has 0 aromatic heterocycles. The molecule has 0 atom stereocenters. The monoisotopic (exact) mass is 392 g/mol. The van der Waals surface area contributed by atoms with E-state index < -0.39 is 5.97 Å². The van der Waals surface area contributed by atoms with Crippen LogP contribution in [0, 0.1) is 0 Å². The van der Waals surface area contributed by atoms with E-state index in [0.717, 1.165) is 18.7 Å². The lowest BCUT2D eigenvalue weighted by molar-refractivity contribution is 0.0626. The lowest BCUT2D eigenvalue weighted by Gasteiger charge is -2.35. The van der Waals surface area contributed by atoms with Gasteiger partial charge in [0.1, 0.15) is 0 Å². The Morgan fingerprint density at radius 1 is 0.923 bits per heavy atom. The summed E-state index contributed by atoms with van der Waals surface area (Å²) in [5, 5.41) is 9.97. The Labute approximate surface area is 161 Å². The van der Waals surface area contributed by atoms with Crippen molar-refractivity contribution in [3.63, 3.8) is 0 Å². The van der Waals surface area contributed by atoms with Crippen LogP contribution in [0.25, 0.3) is 0 Å². The second kappa shape index (κ2) is 8.08. The van der Waals surface area contributed by atoms with Crippen molar-refractivity contribution >= 4 is 35.1 Å². The van der Waals surface area contributed by atoms with Crippen LogP contribution >= 0.6 is 23.2 Å². The minimum Gasteiger partial charge on any atom is -0.478 e. The maximum Gasteiger partial charge on any atom is 0.335 e. The first-order valence-electron chi connectivity index (χ1n) is 8.22. The second-order valence-electron chi connectivity index (χ2n) is 6.23. The van der Waals surface area contributed by atoms with Gasteiger partial charge in [-0.1, -0.05) is 35.3 Å². The third-order valence-corrected chi connectivity index (χ3v) is 4.79. The molecule has 1 fully saturated rings. The molecule has 2 aromatic carbocycles. The molecule has 1 amide bonds.